The second kappa shape index (κ2) is 10.9. The number of fused-ring (bicyclic) bond motifs is 1. The van der Waals surface area contributed by atoms with Gasteiger partial charge in [0.2, 0.25) is 11.8 Å². The standard InChI is InChI=1S/C24H26N4O4S.ClH/c1-26(2)13-6-14-27(24-25-22-18(32-3)9-5-10-19(22)33-24)23(31)16-7-4-8-17(15-16)28-20(29)11-12-21(28)30;/h4-5,7-10,15H,6,11-14H2,1-3H3;1H. The maximum atomic E-state index is 13.6. The number of ether oxygens (including phenoxy) is 1. The molecule has 0 bridgehead atoms. The normalized spacial score (nSPS) is 13.5. The molecule has 1 aromatic heterocycles. The molecule has 0 unspecified atom stereocenters. The van der Waals surface area contributed by atoms with Crippen LogP contribution in [0.15, 0.2) is 42.5 Å². The van der Waals surface area contributed by atoms with Crippen LogP contribution in [0.3, 0.4) is 0 Å². The molecule has 1 aliphatic heterocycles. The second-order valence-electron chi connectivity index (χ2n) is 8.09. The van der Waals surface area contributed by atoms with Crippen molar-refractivity contribution in [2.75, 3.05) is 44.1 Å². The van der Waals surface area contributed by atoms with Crippen LogP contribution in [0.2, 0.25) is 0 Å². The molecule has 0 atom stereocenters. The number of thiazole rings is 1. The van der Waals surface area contributed by atoms with Crippen molar-refractivity contribution in [3.8, 4) is 5.75 Å². The van der Waals surface area contributed by atoms with Crippen molar-refractivity contribution in [1.82, 2.24) is 9.88 Å². The van der Waals surface area contributed by atoms with Crippen LogP contribution in [0.1, 0.15) is 29.6 Å². The number of hydrogen-bond donors (Lipinski definition) is 0. The van der Waals surface area contributed by atoms with Crippen molar-refractivity contribution in [2.45, 2.75) is 19.3 Å². The lowest BCUT2D eigenvalue weighted by atomic mass is 10.1. The van der Waals surface area contributed by atoms with Gasteiger partial charge in [0.25, 0.3) is 5.91 Å². The molecular formula is C24H27ClN4O4S. The van der Waals surface area contributed by atoms with Gasteiger partial charge in [-0.15, -0.1) is 12.4 Å². The molecule has 1 aliphatic rings. The number of hydrogen-bond acceptors (Lipinski definition) is 7. The molecule has 3 amide bonds. The molecule has 10 heteroatoms. The number of aromatic nitrogens is 1. The van der Waals surface area contributed by atoms with Crippen molar-refractivity contribution in [3.05, 3.63) is 48.0 Å². The van der Waals surface area contributed by atoms with E-state index in [-0.39, 0.29) is 43.0 Å². The number of halogens is 1. The summed E-state index contributed by atoms with van der Waals surface area (Å²) >= 11 is 1.43. The van der Waals surface area contributed by atoms with Crippen LogP contribution >= 0.6 is 23.7 Å². The van der Waals surface area contributed by atoms with Gasteiger partial charge < -0.3 is 9.64 Å². The Morgan fingerprint density at radius 1 is 1.09 bits per heavy atom. The van der Waals surface area contributed by atoms with Gasteiger partial charge in [-0.2, -0.15) is 0 Å². The minimum absolute atomic E-state index is 0. The van der Waals surface area contributed by atoms with Crippen molar-refractivity contribution >= 4 is 62.5 Å². The van der Waals surface area contributed by atoms with E-state index >= 15 is 0 Å². The van der Waals surface area contributed by atoms with Gasteiger partial charge in [-0.3, -0.25) is 24.2 Å². The molecule has 34 heavy (non-hydrogen) atoms. The summed E-state index contributed by atoms with van der Waals surface area (Å²) in [7, 11) is 5.57. The van der Waals surface area contributed by atoms with Gasteiger partial charge in [0.1, 0.15) is 11.3 Å². The number of para-hydroxylation sites is 1. The van der Waals surface area contributed by atoms with E-state index in [0.29, 0.717) is 34.2 Å². The van der Waals surface area contributed by atoms with Gasteiger partial charge in [0, 0.05) is 24.9 Å². The van der Waals surface area contributed by atoms with E-state index in [2.05, 4.69) is 4.90 Å². The van der Waals surface area contributed by atoms with Crippen LogP contribution in [-0.4, -0.2) is 61.9 Å². The number of methoxy groups -OCH3 is 1. The van der Waals surface area contributed by atoms with Crippen LogP contribution in [-0.2, 0) is 9.59 Å². The molecule has 0 aliphatic carbocycles. The molecule has 2 aromatic carbocycles. The molecule has 1 saturated heterocycles. The van der Waals surface area contributed by atoms with Gasteiger partial charge in [-0.1, -0.05) is 23.5 Å². The summed E-state index contributed by atoms with van der Waals surface area (Å²) in [6.45, 7) is 1.29. The summed E-state index contributed by atoms with van der Waals surface area (Å²) in [6, 6.07) is 12.4. The highest BCUT2D eigenvalue weighted by atomic mass is 35.5. The second-order valence-corrected chi connectivity index (χ2v) is 9.10. The van der Waals surface area contributed by atoms with Crippen molar-refractivity contribution in [3.63, 3.8) is 0 Å². The fourth-order valence-electron chi connectivity index (χ4n) is 3.82. The minimum Gasteiger partial charge on any atom is -0.494 e. The number of benzene rings is 2. The Bertz CT molecular complexity index is 1200. The van der Waals surface area contributed by atoms with Crippen LogP contribution in [0.4, 0.5) is 10.8 Å². The summed E-state index contributed by atoms with van der Waals surface area (Å²) in [5.41, 5.74) is 1.54. The van der Waals surface area contributed by atoms with E-state index in [1.807, 2.05) is 32.3 Å². The maximum absolute atomic E-state index is 13.6. The molecule has 1 fully saturated rings. The van der Waals surface area contributed by atoms with Gasteiger partial charge >= 0.3 is 0 Å². The van der Waals surface area contributed by atoms with Crippen LogP contribution in [0.5, 0.6) is 5.75 Å². The molecule has 180 valence electrons. The number of imide groups is 1. The predicted molar refractivity (Wildman–Crippen MR) is 136 cm³/mol. The molecule has 4 rings (SSSR count). The predicted octanol–water partition coefficient (Wildman–Crippen LogP) is 3.98. The zero-order chi connectivity index (χ0) is 23.5. The Labute approximate surface area is 208 Å². The quantitative estimate of drug-likeness (QED) is 0.433. The molecule has 3 aromatic rings. The van der Waals surface area contributed by atoms with E-state index in [1.54, 1.807) is 36.3 Å². The van der Waals surface area contributed by atoms with E-state index < -0.39 is 0 Å². The molecule has 0 radical (unpaired) electrons. The van der Waals surface area contributed by atoms with E-state index in [0.717, 1.165) is 22.6 Å². The van der Waals surface area contributed by atoms with Crippen molar-refractivity contribution < 1.29 is 19.1 Å². The van der Waals surface area contributed by atoms with E-state index in [4.69, 9.17) is 9.72 Å². The lowest BCUT2D eigenvalue weighted by Gasteiger charge is -2.22. The first kappa shape index (κ1) is 25.6. The Morgan fingerprint density at radius 2 is 1.79 bits per heavy atom. The Morgan fingerprint density at radius 3 is 2.47 bits per heavy atom. The van der Waals surface area contributed by atoms with Crippen LogP contribution in [0, 0.1) is 0 Å². The number of nitrogens with zero attached hydrogens (tertiary/aromatic N) is 4. The highest BCUT2D eigenvalue weighted by molar-refractivity contribution is 7.22. The lowest BCUT2D eigenvalue weighted by molar-refractivity contribution is -0.121. The third-order valence-corrected chi connectivity index (χ3v) is 6.50. The van der Waals surface area contributed by atoms with Gasteiger partial charge in [-0.25, -0.2) is 4.98 Å². The monoisotopic (exact) mass is 502 g/mol. The Hall–Kier alpha value is -3.01. The molecule has 2 heterocycles. The number of carbonyl (C=O) groups excluding carboxylic acids is 3. The highest BCUT2D eigenvalue weighted by Gasteiger charge is 2.31. The van der Waals surface area contributed by atoms with Crippen molar-refractivity contribution in [1.29, 1.82) is 0 Å². The maximum Gasteiger partial charge on any atom is 0.260 e. The lowest BCUT2D eigenvalue weighted by Crippen LogP contribution is -2.34. The zero-order valence-electron chi connectivity index (χ0n) is 19.3. The zero-order valence-corrected chi connectivity index (χ0v) is 20.9. The Kier molecular flexibility index (Phi) is 8.24. The van der Waals surface area contributed by atoms with E-state index in [9.17, 15) is 14.4 Å². The fraction of sp³-hybridized carbons (Fsp3) is 0.333. The van der Waals surface area contributed by atoms with Crippen molar-refractivity contribution in [2.24, 2.45) is 0 Å². The number of anilines is 2. The first-order valence-electron chi connectivity index (χ1n) is 10.7. The minimum atomic E-state index is -0.245. The molecule has 8 nitrogen and oxygen atoms in total. The summed E-state index contributed by atoms with van der Waals surface area (Å²) in [5, 5.41) is 0.581. The van der Waals surface area contributed by atoms with Gasteiger partial charge in [-0.05, 0) is 57.4 Å². The summed E-state index contributed by atoms with van der Waals surface area (Å²) < 4.78 is 6.36. The average Bonchev–Trinajstić information content (AvgIpc) is 3.38. The topological polar surface area (TPSA) is 83.0 Å². The molecule has 0 saturated carbocycles. The largest absolute Gasteiger partial charge is 0.494 e. The third kappa shape index (κ3) is 5.22. The summed E-state index contributed by atoms with van der Waals surface area (Å²) in [4.78, 5) is 47.6. The SMILES string of the molecule is COc1cccc2sc(N(CCCN(C)C)C(=O)c3cccc(N4C(=O)CCC4=O)c3)nc12.Cl. The fourth-order valence-corrected chi connectivity index (χ4v) is 4.83. The molecular weight excluding hydrogens is 476 g/mol. The van der Waals surface area contributed by atoms with Crippen LogP contribution in [0.25, 0.3) is 10.2 Å². The number of carbonyl (C=O) groups is 3. The van der Waals surface area contributed by atoms with Crippen LogP contribution < -0.4 is 14.5 Å². The van der Waals surface area contributed by atoms with Gasteiger partial charge in [0.15, 0.2) is 5.13 Å². The first-order chi connectivity index (χ1) is 15.9. The molecule has 0 spiro atoms. The third-order valence-electron chi connectivity index (χ3n) is 5.46. The average molecular weight is 503 g/mol. The number of rotatable bonds is 8. The molecule has 0 N–H and O–H groups in total. The smallest absolute Gasteiger partial charge is 0.260 e. The highest BCUT2D eigenvalue weighted by Crippen LogP contribution is 2.35. The van der Waals surface area contributed by atoms with Gasteiger partial charge in [0.05, 0.1) is 17.5 Å². The summed E-state index contributed by atoms with van der Waals surface area (Å²) in [5.74, 6) is -0.0621. The number of amides is 3. The first-order valence-corrected chi connectivity index (χ1v) is 11.6. The summed E-state index contributed by atoms with van der Waals surface area (Å²) in [6.07, 6.45) is 1.15. The Balaban J connectivity index is 0.00000324. The van der Waals surface area contributed by atoms with E-state index in [1.165, 1.54) is 11.3 Å².